The van der Waals surface area contributed by atoms with Gasteiger partial charge in [-0.3, -0.25) is 18.7 Å². The van der Waals surface area contributed by atoms with Crippen molar-refractivity contribution < 1.29 is 20.1 Å². The number of phenolic OH excluding ortho intramolecular Hbond substituents is 1. The molecule has 5 rings (SSSR count). The van der Waals surface area contributed by atoms with Crippen molar-refractivity contribution >= 4 is 23.5 Å². The van der Waals surface area contributed by atoms with E-state index in [4.69, 9.17) is 4.74 Å². The molecule has 2 aromatic heterocycles. The van der Waals surface area contributed by atoms with Crippen molar-refractivity contribution in [3.63, 3.8) is 0 Å². The summed E-state index contributed by atoms with van der Waals surface area (Å²) in [5.74, 6) is -0.923. The third kappa shape index (κ3) is 3.53. The van der Waals surface area contributed by atoms with E-state index in [1.807, 2.05) is 0 Å². The summed E-state index contributed by atoms with van der Waals surface area (Å²) in [5.41, 5.74) is -0.934. The third-order valence-electron chi connectivity index (χ3n) is 5.58. The van der Waals surface area contributed by atoms with Crippen LogP contribution in [-0.2, 0) is 13.1 Å². The van der Waals surface area contributed by atoms with Crippen molar-refractivity contribution in [1.82, 2.24) is 19.1 Å². The Hall–Kier alpha value is -3.12. The number of aromatic hydroxyl groups is 3. The van der Waals surface area contributed by atoms with Gasteiger partial charge in [-0.15, -0.1) is 0 Å². The van der Waals surface area contributed by atoms with Crippen LogP contribution in [0.25, 0.3) is 0 Å². The summed E-state index contributed by atoms with van der Waals surface area (Å²) in [7, 11) is 0. The first-order chi connectivity index (χ1) is 15.9. The van der Waals surface area contributed by atoms with Crippen LogP contribution in [0.15, 0.2) is 38.1 Å². The number of hydrogen-bond donors (Lipinski definition) is 3. The molecule has 0 unspecified atom stereocenters. The lowest BCUT2D eigenvalue weighted by Gasteiger charge is -2.21. The largest absolute Gasteiger partial charge is 0.504 e. The van der Waals surface area contributed by atoms with E-state index >= 15 is 0 Å². The van der Waals surface area contributed by atoms with E-state index in [1.54, 1.807) is 6.92 Å². The highest BCUT2D eigenvalue weighted by Crippen LogP contribution is 2.41. The van der Waals surface area contributed by atoms with Crippen LogP contribution in [0.1, 0.15) is 29.5 Å². The summed E-state index contributed by atoms with van der Waals surface area (Å²) in [6, 6.07) is 4.38. The smallest absolute Gasteiger partial charge is 0.262 e. The molecule has 0 saturated heterocycles. The Morgan fingerprint density at radius 1 is 0.970 bits per heavy atom. The Morgan fingerprint density at radius 2 is 1.52 bits per heavy atom. The van der Waals surface area contributed by atoms with Crippen molar-refractivity contribution in [1.29, 1.82) is 0 Å². The highest BCUT2D eigenvalue weighted by atomic mass is 32.2. The van der Waals surface area contributed by atoms with Gasteiger partial charge in [0.1, 0.15) is 0 Å². The lowest BCUT2D eigenvalue weighted by Crippen LogP contribution is -2.32. The van der Waals surface area contributed by atoms with Crippen LogP contribution in [0.3, 0.4) is 0 Å². The number of benzene rings is 1. The fraction of sp³-hybridized carbons (Fsp3) is 0.333. The van der Waals surface area contributed by atoms with E-state index in [2.05, 4.69) is 9.97 Å². The molecule has 0 radical (unpaired) electrons. The molecule has 0 aliphatic carbocycles. The summed E-state index contributed by atoms with van der Waals surface area (Å²) in [4.78, 5) is 35.3. The molecule has 0 bridgehead atoms. The summed E-state index contributed by atoms with van der Waals surface area (Å²) in [6.07, 6.45) is 0. The molecule has 0 saturated carbocycles. The molecule has 4 heterocycles. The van der Waals surface area contributed by atoms with Gasteiger partial charge in [-0.2, -0.15) is 9.97 Å². The SMILES string of the molecule is CCOc1cc(C(c2c(O)nc3n(c2=O)CCS3)c2c(O)nc3n(c2=O)CCS3)ccc1O. The molecular formula is C21H20N4O6S2. The number of nitrogens with zero attached hydrogens (tertiary/aromatic N) is 4. The highest BCUT2D eigenvalue weighted by Gasteiger charge is 2.35. The average Bonchev–Trinajstić information content (AvgIpc) is 3.44. The summed E-state index contributed by atoms with van der Waals surface area (Å²) >= 11 is 2.70. The van der Waals surface area contributed by atoms with Crippen LogP contribution < -0.4 is 15.9 Å². The highest BCUT2D eigenvalue weighted by molar-refractivity contribution is 7.99. The minimum absolute atomic E-state index is 0.117. The topological polar surface area (TPSA) is 140 Å². The lowest BCUT2D eigenvalue weighted by atomic mass is 9.86. The third-order valence-corrected chi connectivity index (χ3v) is 7.50. The molecule has 3 aromatic rings. The number of ether oxygens (including phenoxy) is 1. The van der Waals surface area contributed by atoms with E-state index in [9.17, 15) is 24.9 Å². The zero-order chi connectivity index (χ0) is 23.3. The summed E-state index contributed by atoms with van der Waals surface area (Å²) in [5, 5.41) is 32.6. The Morgan fingerprint density at radius 3 is 2.03 bits per heavy atom. The van der Waals surface area contributed by atoms with Gasteiger partial charge in [0.15, 0.2) is 21.8 Å². The first-order valence-electron chi connectivity index (χ1n) is 10.3. The zero-order valence-electron chi connectivity index (χ0n) is 17.5. The van der Waals surface area contributed by atoms with Gasteiger partial charge in [-0.25, -0.2) is 0 Å². The molecule has 2 aliphatic rings. The molecule has 0 amide bonds. The minimum Gasteiger partial charge on any atom is -0.504 e. The van der Waals surface area contributed by atoms with E-state index in [0.717, 1.165) is 0 Å². The Labute approximate surface area is 195 Å². The van der Waals surface area contributed by atoms with Crippen molar-refractivity contribution in [3.05, 3.63) is 55.6 Å². The molecule has 10 nitrogen and oxygen atoms in total. The quantitative estimate of drug-likeness (QED) is 0.455. The number of hydrogen-bond acceptors (Lipinski definition) is 10. The van der Waals surface area contributed by atoms with Crippen LogP contribution in [0, 0.1) is 0 Å². The van der Waals surface area contributed by atoms with Gasteiger partial charge in [-0.1, -0.05) is 29.6 Å². The van der Waals surface area contributed by atoms with Gasteiger partial charge in [0.25, 0.3) is 11.1 Å². The van der Waals surface area contributed by atoms with Crippen molar-refractivity contribution in [2.75, 3.05) is 18.1 Å². The van der Waals surface area contributed by atoms with Gasteiger partial charge < -0.3 is 20.1 Å². The number of rotatable bonds is 5. The van der Waals surface area contributed by atoms with E-state index in [-0.39, 0.29) is 29.2 Å². The first kappa shape index (κ1) is 21.7. The fourth-order valence-electron chi connectivity index (χ4n) is 4.11. The zero-order valence-corrected chi connectivity index (χ0v) is 19.1. The lowest BCUT2D eigenvalue weighted by molar-refractivity contribution is 0.317. The molecule has 172 valence electrons. The molecule has 33 heavy (non-hydrogen) atoms. The molecule has 3 N–H and O–H groups in total. The van der Waals surface area contributed by atoms with Crippen LogP contribution in [-0.4, -0.2) is 52.5 Å². The predicted molar refractivity (Wildman–Crippen MR) is 122 cm³/mol. The predicted octanol–water partition coefficient (Wildman–Crippen LogP) is 1.71. The van der Waals surface area contributed by atoms with Gasteiger partial charge in [0.05, 0.1) is 23.7 Å². The molecule has 0 atom stereocenters. The molecule has 1 aromatic carbocycles. The van der Waals surface area contributed by atoms with Crippen molar-refractivity contribution in [3.8, 4) is 23.3 Å². The summed E-state index contributed by atoms with van der Waals surface area (Å²) in [6.45, 7) is 2.86. The molecular weight excluding hydrogens is 468 g/mol. The second-order valence-corrected chi connectivity index (χ2v) is 9.59. The number of aromatic nitrogens is 4. The molecule has 12 heteroatoms. The minimum atomic E-state index is -1.18. The van der Waals surface area contributed by atoms with Crippen LogP contribution in [0.4, 0.5) is 0 Å². The summed E-state index contributed by atoms with van der Waals surface area (Å²) < 4.78 is 8.38. The monoisotopic (exact) mass is 488 g/mol. The number of phenols is 1. The molecule has 0 spiro atoms. The van der Waals surface area contributed by atoms with Crippen LogP contribution in [0.2, 0.25) is 0 Å². The Bertz CT molecular complexity index is 1310. The van der Waals surface area contributed by atoms with Gasteiger partial charge in [0, 0.05) is 24.6 Å². The molecule has 0 fully saturated rings. The second-order valence-electron chi connectivity index (χ2n) is 7.47. The van der Waals surface area contributed by atoms with Gasteiger partial charge in [-0.05, 0) is 24.6 Å². The van der Waals surface area contributed by atoms with E-state index in [0.29, 0.717) is 40.5 Å². The van der Waals surface area contributed by atoms with Crippen molar-refractivity contribution in [2.24, 2.45) is 0 Å². The van der Waals surface area contributed by atoms with Crippen LogP contribution >= 0.6 is 23.5 Å². The average molecular weight is 489 g/mol. The van der Waals surface area contributed by atoms with Crippen molar-refractivity contribution in [2.45, 2.75) is 36.2 Å². The van der Waals surface area contributed by atoms with E-state index < -0.39 is 28.8 Å². The standard InChI is InChI=1S/C21H20N4O6S2/c1-2-31-12-9-10(3-4-11(12)26)13(14-16(27)22-20-24(18(14)29)5-7-32-20)15-17(28)23-21-25(19(15)30)6-8-33-21/h3-4,9,13,26-28H,2,5-8H2,1H3. The van der Waals surface area contributed by atoms with Gasteiger partial charge in [0.2, 0.25) is 11.8 Å². The maximum absolute atomic E-state index is 13.5. The van der Waals surface area contributed by atoms with Gasteiger partial charge >= 0.3 is 0 Å². The second kappa shape index (κ2) is 8.34. The normalized spacial score (nSPS) is 14.5. The fourth-order valence-corrected chi connectivity index (χ4v) is 5.99. The maximum atomic E-state index is 13.5. The Kier molecular flexibility index (Phi) is 5.49. The number of thioether (sulfide) groups is 2. The first-order valence-corrected chi connectivity index (χ1v) is 12.3. The van der Waals surface area contributed by atoms with E-state index in [1.165, 1.54) is 50.9 Å². The molecule has 2 aliphatic heterocycles. The maximum Gasteiger partial charge on any atom is 0.262 e. The Balaban J connectivity index is 1.82. The number of fused-ring (bicyclic) bond motifs is 2. The van der Waals surface area contributed by atoms with Crippen LogP contribution in [0.5, 0.6) is 23.3 Å².